The minimum atomic E-state index is -0.247. The van der Waals surface area contributed by atoms with Gasteiger partial charge in [-0.3, -0.25) is 9.80 Å². The number of β-amino-alcohol motifs (C(OH)–C–C–N with tert-alkyl or cyclic N) is 1. The molecule has 0 amide bonds. The predicted molar refractivity (Wildman–Crippen MR) is 80.8 cm³/mol. The molecule has 1 unspecified atom stereocenters. The lowest BCUT2D eigenvalue weighted by atomic mass is 10.1. The predicted octanol–water partition coefficient (Wildman–Crippen LogP) is 0.956. The normalized spacial score (nSPS) is 21.2. The van der Waals surface area contributed by atoms with Crippen molar-refractivity contribution in [2.45, 2.75) is 19.6 Å². The van der Waals surface area contributed by atoms with Crippen molar-refractivity contribution in [1.82, 2.24) is 9.80 Å². The van der Waals surface area contributed by atoms with Crippen LogP contribution in [0.15, 0.2) is 18.2 Å². The van der Waals surface area contributed by atoms with Crippen LogP contribution in [0.1, 0.15) is 12.5 Å². The first kappa shape index (κ1) is 14.6. The summed E-state index contributed by atoms with van der Waals surface area (Å²) in [5, 5.41) is 9.45. The number of ether oxygens (including phenoxy) is 2. The molecule has 2 heterocycles. The fourth-order valence-corrected chi connectivity index (χ4v) is 3.00. The molecule has 0 aromatic heterocycles. The maximum absolute atomic E-state index is 9.45. The van der Waals surface area contributed by atoms with Crippen molar-refractivity contribution >= 4 is 0 Å². The van der Waals surface area contributed by atoms with E-state index in [1.807, 2.05) is 19.1 Å². The van der Waals surface area contributed by atoms with Gasteiger partial charge in [-0.05, 0) is 13.0 Å². The minimum Gasteiger partial charge on any atom is -0.486 e. The average molecular weight is 292 g/mol. The molecule has 5 heteroatoms. The van der Waals surface area contributed by atoms with Gasteiger partial charge in [0.2, 0.25) is 0 Å². The zero-order chi connectivity index (χ0) is 14.7. The molecule has 1 saturated heterocycles. The van der Waals surface area contributed by atoms with E-state index in [-0.39, 0.29) is 6.10 Å². The van der Waals surface area contributed by atoms with Crippen molar-refractivity contribution in [3.8, 4) is 11.5 Å². The zero-order valence-corrected chi connectivity index (χ0v) is 12.6. The van der Waals surface area contributed by atoms with Crippen LogP contribution in [0.5, 0.6) is 11.5 Å². The Kier molecular flexibility index (Phi) is 4.63. The van der Waals surface area contributed by atoms with E-state index in [1.54, 1.807) is 0 Å². The van der Waals surface area contributed by atoms with Crippen LogP contribution in [-0.4, -0.2) is 66.9 Å². The molecule has 0 saturated carbocycles. The molecule has 1 atom stereocenters. The molecule has 1 fully saturated rings. The molecule has 21 heavy (non-hydrogen) atoms. The maximum Gasteiger partial charge on any atom is 0.165 e. The Morgan fingerprint density at radius 2 is 1.81 bits per heavy atom. The Balaban J connectivity index is 1.58. The summed E-state index contributed by atoms with van der Waals surface area (Å²) >= 11 is 0. The molecule has 5 nitrogen and oxygen atoms in total. The number of hydrogen-bond acceptors (Lipinski definition) is 5. The third kappa shape index (κ3) is 3.67. The van der Waals surface area contributed by atoms with Crippen molar-refractivity contribution in [3.05, 3.63) is 23.8 Å². The number of aliphatic hydroxyl groups is 1. The monoisotopic (exact) mass is 292 g/mol. The van der Waals surface area contributed by atoms with Gasteiger partial charge < -0.3 is 14.6 Å². The van der Waals surface area contributed by atoms with Crippen LogP contribution < -0.4 is 9.47 Å². The van der Waals surface area contributed by atoms with Crippen LogP contribution in [0.2, 0.25) is 0 Å². The molecular weight excluding hydrogens is 268 g/mol. The Morgan fingerprint density at radius 3 is 2.57 bits per heavy atom. The van der Waals surface area contributed by atoms with E-state index >= 15 is 0 Å². The van der Waals surface area contributed by atoms with Gasteiger partial charge in [0.1, 0.15) is 13.2 Å². The third-order valence-electron chi connectivity index (χ3n) is 4.03. The molecule has 2 aliphatic rings. The average Bonchev–Trinajstić information content (AvgIpc) is 2.49. The summed E-state index contributed by atoms with van der Waals surface area (Å²) in [5.74, 6) is 1.78. The molecular formula is C16H24N2O3. The van der Waals surface area contributed by atoms with Gasteiger partial charge in [-0.1, -0.05) is 12.1 Å². The Bertz CT molecular complexity index is 471. The van der Waals surface area contributed by atoms with Gasteiger partial charge in [-0.25, -0.2) is 0 Å². The van der Waals surface area contributed by atoms with E-state index in [0.717, 1.165) is 50.8 Å². The van der Waals surface area contributed by atoms with Gasteiger partial charge in [-0.2, -0.15) is 0 Å². The smallest absolute Gasteiger partial charge is 0.165 e. The highest BCUT2D eigenvalue weighted by Crippen LogP contribution is 2.34. The van der Waals surface area contributed by atoms with Crippen molar-refractivity contribution in [2.24, 2.45) is 0 Å². The SMILES string of the molecule is CC(O)CN1CCN(Cc2cccc3c2OCCO3)CC1. The van der Waals surface area contributed by atoms with Crippen LogP contribution in [0.4, 0.5) is 0 Å². The lowest BCUT2D eigenvalue weighted by Crippen LogP contribution is -2.47. The van der Waals surface area contributed by atoms with E-state index in [0.29, 0.717) is 13.2 Å². The summed E-state index contributed by atoms with van der Waals surface area (Å²) in [7, 11) is 0. The first-order valence-corrected chi connectivity index (χ1v) is 7.72. The molecule has 0 spiro atoms. The summed E-state index contributed by atoms with van der Waals surface area (Å²) in [4.78, 5) is 4.76. The molecule has 1 aromatic carbocycles. The quantitative estimate of drug-likeness (QED) is 0.895. The standard InChI is InChI=1S/C16H24N2O3/c1-13(19)11-17-5-7-18(8-6-17)12-14-3-2-4-15-16(14)21-10-9-20-15/h2-4,13,19H,5-12H2,1H3. The summed E-state index contributed by atoms with van der Waals surface area (Å²) in [6.45, 7) is 8.85. The number of hydrogen-bond donors (Lipinski definition) is 1. The van der Waals surface area contributed by atoms with Gasteiger partial charge in [0.15, 0.2) is 11.5 Å². The molecule has 116 valence electrons. The van der Waals surface area contributed by atoms with Gasteiger partial charge in [0.25, 0.3) is 0 Å². The summed E-state index contributed by atoms with van der Waals surface area (Å²) in [5.41, 5.74) is 1.20. The summed E-state index contributed by atoms with van der Waals surface area (Å²) < 4.78 is 11.4. The van der Waals surface area contributed by atoms with Crippen molar-refractivity contribution in [3.63, 3.8) is 0 Å². The molecule has 0 bridgehead atoms. The van der Waals surface area contributed by atoms with E-state index < -0.39 is 0 Å². The zero-order valence-electron chi connectivity index (χ0n) is 12.6. The second-order valence-electron chi connectivity index (χ2n) is 5.87. The maximum atomic E-state index is 9.45. The van der Waals surface area contributed by atoms with Crippen LogP contribution in [0, 0.1) is 0 Å². The van der Waals surface area contributed by atoms with Gasteiger partial charge in [-0.15, -0.1) is 0 Å². The highest BCUT2D eigenvalue weighted by molar-refractivity contribution is 5.47. The number of benzene rings is 1. The van der Waals surface area contributed by atoms with E-state index in [4.69, 9.17) is 9.47 Å². The van der Waals surface area contributed by atoms with E-state index in [1.165, 1.54) is 5.56 Å². The van der Waals surface area contributed by atoms with E-state index in [2.05, 4.69) is 15.9 Å². The van der Waals surface area contributed by atoms with Gasteiger partial charge in [0.05, 0.1) is 6.10 Å². The fraction of sp³-hybridized carbons (Fsp3) is 0.625. The molecule has 2 aliphatic heterocycles. The molecule has 1 aromatic rings. The highest BCUT2D eigenvalue weighted by Gasteiger charge is 2.21. The Morgan fingerprint density at radius 1 is 1.10 bits per heavy atom. The first-order valence-electron chi connectivity index (χ1n) is 7.72. The lowest BCUT2D eigenvalue weighted by molar-refractivity contribution is 0.0772. The van der Waals surface area contributed by atoms with Crippen LogP contribution in [0.3, 0.4) is 0 Å². The topological polar surface area (TPSA) is 45.2 Å². The Hall–Kier alpha value is -1.30. The Labute approximate surface area is 126 Å². The number of para-hydroxylation sites is 1. The van der Waals surface area contributed by atoms with E-state index in [9.17, 15) is 5.11 Å². The summed E-state index contributed by atoms with van der Waals surface area (Å²) in [6.07, 6.45) is -0.247. The summed E-state index contributed by atoms with van der Waals surface area (Å²) in [6, 6.07) is 6.13. The fourth-order valence-electron chi connectivity index (χ4n) is 3.00. The highest BCUT2D eigenvalue weighted by atomic mass is 16.6. The van der Waals surface area contributed by atoms with Crippen LogP contribution in [-0.2, 0) is 6.54 Å². The molecule has 0 radical (unpaired) electrons. The largest absolute Gasteiger partial charge is 0.486 e. The molecule has 0 aliphatic carbocycles. The van der Waals surface area contributed by atoms with Crippen molar-refractivity contribution < 1.29 is 14.6 Å². The van der Waals surface area contributed by atoms with Crippen molar-refractivity contribution in [2.75, 3.05) is 45.9 Å². The lowest BCUT2D eigenvalue weighted by Gasteiger charge is -2.35. The van der Waals surface area contributed by atoms with Crippen LogP contribution >= 0.6 is 0 Å². The second kappa shape index (κ2) is 6.64. The van der Waals surface area contributed by atoms with Gasteiger partial charge in [0, 0.05) is 44.8 Å². The van der Waals surface area contributed by atoms with Crippen molar-refractivity contribution in [1.29, 1.82) is 0 Å². The second-order valence-corrected chi connectivity index (χ2v) is 5.87. The number of rotatable bonds is 4. The number of aliphatic hydroxyl groups excluding tert-OH is 1. The minimum absolute atomic E-state index is 0.247. The molecule has 3 rings (SSSR count). The number of fused-ring (bicyclic) bond motifs is 1. The molecule has 1 N–H and O–H groups in total. The first-order chi connectivity index (χ1) is 10.2. The van der Waals surface area contributed by atoms with Crippen LogP contribution in [0.25, 0.3) is 0 Å². The third-order valence-corrected chi connectivity index (χ3v) is 4.03. The number of nitrogens with zero attached hydrogens (tertiary/aromatic N) is 2. The van der Waals surface area contributed by atoms with Gasteiger partial charge >= 0.3 is 0 Å². The number of piperazine rings is 1.